The molecular weight excluding hydrogens is 442 g/mol. The molecule has 3 rings (SSSR count). The molecule has 2 aromatic rings. The van der Waals surface area contributed by atoms with E-state index < -0.39 is 22.2 Å². The van der Waals surface area contributed by atoms with Crippen molar-refractivity contribution in [3.63, 3.8) is 0 Å². The van der Waals surface area contributed by atoms with Crippen molar-refractivity contribution in [1.29, 1.82) is 0 Å². The van der Waals surface area contributed by atoms with Crippen LogP contribution in [-0.4, -0.2) is 49.0 Å². The van der Waals surface area contributed by atoms with Gasteiger partial charge in [0.2, 0.25) is 15.9 Å². The van der Waals surface area contributed by atoms with Crippen LogP contribution in [0.1, 0.15) is 30.5 Å². The van der Waals surface area contributed by atoms with Crippen LogP contribution in [0.3, 0.4) is 0 Å². The number of piperidine rings is 1. The van der Waals surface area contributed by atoms with Crippen LogP contribution >= 0.6 is 0 Å². The normalized spacial score (nSPS) is 19.9. The Morgan fingerprint density at radius 2 is 1.85 bits per heavy atom. The number of hydrogen-bond acceptors (Lipinski definition) is 4. The van der Waals surface area contributed by atoms with Gasteiger partial charge >= 0.3 is 6.09 Å². The molecule has 3 unspecified atom stereocenters. The summed E-state index contributed by atoms with van der Waals surface area (Å²) in [5.74, 6) is -0.314. The number of carbonyl (C=O) groups is 2. The molecule has 0 radical (unpaired) electrons. The standard InChI is InChI=1S/C24H29N3O5S/c1-3-23(28)25-21-13-14-27(16-17(21)2)33(31,32)20-11-9-19(10-12-20)22(26-24(29)30)15-18-7-5-4-6-8-18/h3-12,17,21-22,26H,1,13-16H2,2H3,(H,25,28)(H,29,30). The number of carboxylic acid groups (broad SMARTS) is 1. The molecule has 9 heteroatoms. The Morgan fingerprint density at radius 3 is 2.42 bits per heavy atom. The first-order valence-corrected chi connectivity index (χ1v) is 12.2. The Morgan fingerprint density at radius 1 is 1.18 bits per heavy atom. The monoisotopic (exact) mass is 471 g/mol. The third kappa shape index (κ3) is 6.21. The number of amides is 2. The van der Waals surface area contributed by atoms with Crippen molar-refractivity contribution in [2.45, 2.75) is 36.7 Å². The van der Waals surface area contributed by atoms with Gasteiger partial charge in [-0.25, -0.2) is 13.2 Å². The van der Waals surface area contributed by atoms with Gasteiger partial charge < -0.3 is 15.7 Å². The Bertz CT molecular complexity index is 1090. The summed E-state index contributed by atoms with van der Waals surface area (Å²) in [5.41, 5.74) is 1.65. The molecule has 33 heavy (non-hydrogen) atoms. The zero-order chi connectivity index (χ0) is 24.0. The lowest BCUT2D eigenvalue weighted by Gasteiger charge is -2.36. The van der Waals surface area contributed by atoms with E-state index in [4.69, 9.17) is 0 Å². The average Bonchev–Trinajstić information content (AvgIpc) is 2.80. The Hall–Kier alpha value is -3.17. The van der Waals surface area contributed by atoms with E-state index in [0.717, 1.165) is 5.56 Å². The first-order valence-electron chi connectivity index (χ1n) is 10.8. The van der Waals surface area contributed by atoms with Gasteiger partial charge in [0.15, 0.2) is 0 Å². The van der Waals surface area contributed by atoms with Gasteiger partial charge in [-0.3, -0.25) is 4.79 Å². The zero-order valence-corrected chi connectivity index (χ0v) is 19.3. The fraction of sp³-hybridized carbons (Fsp3) is 0.333. The second-order valence-corrected chi connectivity index (χ2v) is 10.1. The summed E-state index contributed by atoms with van der Waals surface area (Å²) in [5, 5.41) is 14.6. The van der Waals surface area contributed by atoms with E-state index in [0.29, 0.717) is 31.5 Å². The van der Waals surface area contributed by atoms with Gasteiger partial charge in [-0.1, -0.05) is 56.0 Å². The van der Waals surface area contributed by atoms with Crippen LogP contribution in [-0.2, 0) is 21.2 Å². The second-order valence-electron chi connectivity index (χ2n) is 8.21. The summed E-state index contributed by atoms with van der Waals surface area (Å²) in [6.07, 6.45) is 1.02. The molecule has 2 aromatic carbocycles. The first-order chi connectivity index (χ1) is 15.7. The fourth-order valence-electron chi connectivity index (χ4n) is 4.05. The maximum absolute atomic E-state index is 13.2. The molecule has 8 nitrogen and oxygen atoms in total. The summed E-state index contributed by atoms with van der Waals surface area (Å²) < 4.78 is 27.8. The molecule has 3 atom stereocenters. The summed E-state index contributed by atoms with van der Waals surface area (Å²) in [6.45, 7) is 5.95. The Labute approximate surface area is 194 Å². The molecule has 1 heterocycles. The molecule has 0 spiro atoms. The van der Waals surface area contributed by atoms with Gasteiger partial charge in [-0.15, -0.1) is 0 Å². The highest BCUT2D eigenvalue weighted by molar-refractivity contribution is 7.89. The van der Waals surface area contributed by atoms with Crippen LogP contribution in [0, 0.1) is 5.92 Å². The van der Waals surface area contributed by atoms with Crippen molar-refractivity contribution < 1.29 is 23.1 Å². The Balaban J connectivity index is 1.74. The van der Waals surface area contributed by atoms with Gasteiger partial charge in [-0.05, 0) is 48.1 Å². The van der Waals surface area contributed by atoms with Crippen LogP contribution in [0.2, 0.25) is 0 Å². The number of rotatable bonds is 8. The van der Waals surface area contributed by atoms with Crippen molar-refractivity contribution >= 4 is 22.0 Å². The lowest BCUT2D eigenvalue weighted by Crippen LogP contribution is -2.51. The van der Waals surface area contributed by atoms with Crippen molar-refractivity contribution in [2.75, 3.05) is 13.1 Å². The predicted octanol–water partition coefficient (Wildman–Crippen LogP) is 2.94. The molecule has 0 bridgehead atoms. The van der Waals surface area contributed by atoms with E-state index >= 15 is 0 Å². The molecule has 0 aliphatic carbocycles. The minimum absolute atomic E-state index is 0.0493. The van der Waals surface area contributed by atoms with Gasteiger partial charge in [0.1, 0.15) is 0 Å². The molecule has 1 fully saturated rings. The summed E-state index contributed by atoms with van der Waals surface area (Å²) in [7, 11) is -3.71. The molecule has 3 N–H and O–H groups in total. The van der Waals surface area contributed by atoms with Crippen molar-refractivity contribution in [1.82, 2.24) is 14.9 Å². The SMILES string of the molecule is C=CC(=O)NC1CCN(S(=O)(=O)c2ccc(C(Cc3ccccc3)NC(=O)O)cc2)CC1C. The predicted molar refractivity (Wildman–Crippen MR) is 125 cm³/mol. The maximum Gasteiger partial charge on any atom is 0.405 e. The van der Waals surface area contributed by atoms with Crippen LogP contribution in [0.4, 0.5) is 4.79 Å². The minimum Gasteiger partial charge on any atom is -0.465 e. The lowest BCUT2D eigenvalue weighted by atomic mass is 9.95. The molecule has 0 aromatic heterocycles. The molecule has 2 amide bonds. The fourth-order valence-corrected chi connectivity index (χ4v) is 5.61. The topological polar surface area (TPSA) is 116 Å². The smallest absolute Gasteiger partial charge is 0.405 e. The third-order valence-electron chi connectivity index (χ3n) is 5.88. The first kappa shape index (κ1) is 24.5. The molecule has 1 aliphatic heterocycles. The summed E-state index contributed by atoms with van der Waals surface area (Å²) >= 11 is 0. The van der Waals surface area contributed by atoms with E-state index in [1.54, 1.807) is 12.1 Å². The highest BCUT2D eigenvalue weighted by atomic mass is 32.2. The minimum atomic E-state index is -3.71. The highest BCUT2D eigenvalue weighted by Gasteiger charge is 2.34. The van der Waals surface area contributed by atoms with Gasteiger partial charge in [0.05, 0.1) is 10.9 Å². The van der Waals surface area contributed by atoms with Gasteiger partial charge in [0, 0.05) is 19.1 Å². The van der Waals surface area contributed by atoms with E-state index in [1.807, 2.05) is 37.3 Å². The van der Waals surface area contributed by atoms with E-state index in [1.165, 1.54) is 22.5 Å². The van der Waals surface area contributed by atoms with Crippen molar-refractivity contribution in [3.05, 3.63) is 78.4 Å². The van der Waals surface area contributed by atoms with Gasteiger partial charge in [-0.2, -0.15) is 4.31 Å². The number of hydrogen-bond donors (Lipinski definition) is 3. The largest absolute Gasteiger partial charge is 0.465 e. The number of nitrogens with one attached hydrogen (secondary N) is 2. The molecule has 176 valence electrons. The molecule has 1 aliphatic rings. The highest BCUT2D eigenvalue weighted by Crippen LogP contribution is 2.26. The van der Waals surface area contributed by atoms with Crippen LogP contribution in [0.15, 0.2) is 72.1 Å². The van der Waals surface area contributed by atoms with Crippen molar-refractivity contribution in [3.8, 4) is 0 Å². The van der Waals surface area contributed by atoms with Crippen LogP contribution < -0.4 is 10.6 Å². The molecule has 0 saturated carbocycles. The van der Waals surface area contributed by atoms with E-state index in [-0.39, 0.29) is 22.8 Å². The zero-order valence-electron chi connectivity index (χ0n) is 18.5. The number of benzene rings is 2. The third-order valence-corrected chi connectivity index (χ3v) is 7.76. The number of sulfonamides is 1. The Kier molecular flexibility index (Phi) is 7.88. The molecular formula is C24H29N3O5S. The summed E-state index contributed by atoms with van der Waals surface area (Å²) in [6, 6.07) is 15.2. The van der Waals surface area contributed by atoms with Crippen LogP contribution in [0.5, 0.6) is 0 Å². The van der Waals surface area contributed by atoms with Crippen molar-refractivity contribution in [2.24, 2.45) is 5.92 Å². The molecule has 1 saturated heterocycles. The van der Waals surface area contributed by atoms with Crippen LogP contribution in [0.25, 0.3) is 0 Å². The quantitative estimate of drug-likeness (QED) is 0.512. The maximum atomic E-state index is 13.2. The number of carbonyl (C=O) groups excluding carboxylic acids is 1. The lowest BCUT2D eigenvalue weighted by molar-refractivity contribution is -0.117. The number of nitrogens with zero attached hydrogens (tertiary/aromatic N) is 1. The van der Waals surface area contributed by atoms with Gasteiger partial charge in [0.25, 0.3) is 0 Å². The average molecular weight is 472 g/mol. The summed E-state index contributed by atoms with van der Waals surface area (Å²) in [4.78, 5) is 23.0. The second kappa shape index (κ2) is 10.6. The van der Waals surface area contributed by atoms with E-state index in [2.05, 4.69) is 17.2 Å². The van der Waals surface area contributed by atoms with E-state index in [9.17, 15) is 23.1 Å².